The van der Waals surface area contributed by atoms with Gasteiger partial charge in [0, 0.05) is 13.1 Å². The van der Waals surface area contributed by atoms with Crippen molar-refractivity contribution in [2.24, 2.45) is 0 Å². The third-order valence-electron chi connectivity index (χ3n) is 4.55. The number of nitrogens with one attached hydrogen (secondary N) is 1. The minimum atomic E-state index is -0.0806. The van der Waals surface area contributed by atoms with E-state index in [9.17, 15) is 9.59 Å². The summed E-state index contributed by atoms with van der Waals surface area (Å²) >= 11 is 0. The van der Waals surface area contributed by atoms with Crippen LogP contribution in [0.4, 0.5) is 0 Å². The van der Waals surface area contributed by atoms with Crippen LogP contribution in [-0.4, -0.2) is 53.7 Å². The normalized spacial score (nSPS) is 25.0. The van der Waals surface area contributed by atoms with E-state index in [-0.39, 0.29) is 36.5 Å². The van der Waals surface area contributed by atoms with Crippen molar-refractivity contribution in [3.05, 3.63) is 17.0 Å². The van der Waals surface area contributed by atoms with E-state index in [0.29, 0.717) is 36.5 Å². The second-order valence-electron chi connectivity index (χ2n) is 6.55. The van der Waals surface area contributed by atoms with Gasteiger partial charge in [0.15, 0.2) is 0 Å². The molecule has 0 saturated carbocycles. The number of ether oxygens (including phenoxy) is 1. The van der Waals surface area contributed by atoms with Crippen LogP contribution in [0.3, 0.4) is 0 Å². The molecule has 2 amide bonds. The van der Waals surface area contributed by atoms with Gasteiger partial charge in [-0.05, 0) is 25.7 Å². The zero-order chi connectivity index (χ0) is 16.6. The first-order valence-corrected chi connectivity index (χ1v) is 8.13. The minimum Gasteiger partial charge on any atom is -0.366 e. The molecule has 2 aliphatic heterocycles. The summed E-state index contributed by atoms with van der Waals surface area (Å²) in [6.45, 7) is 7.07. The van der Waals surface area contributed by atoms with Crippen LogP contribution in [-0.2, 0) is 9.53 Å². The number of carbonyl (C=O) groups is 2. The highest BCUT2D eigenvalue weighted by molar-refractivity contribution is 5.96. The lowest BCUT2D eigenvalue weighted by atomic mass is 10.0. The molecule has 2 saturated heterocycles. The number of morpholine rings is 1. The Morgan fingerprint density at radius 2 is 2.09 bits per heavy atom. The summed E-state index contributed by atoms with van der Waals surface area (Å²) in [6.07, 6.45) is 1.40. The second-order valence-corrected chi connectivity index (χ2v) is 6.55. The molecule has 1 aromatic heterocycles. The molecule has 126 valence electrons. The molecule has 1 N–H and O–H groups in total. The molecule has 2 atom stereocenters. The van der Waals surface area contributed by atoms with Crippen molar-refractivity contribution < 1.29 is 18.8 Å². The largest absolute Gasteiger partial charge is 0.366 e. The Hall–Kier alpha value is -1.89. The maximum absolute atomic E-state index is 12.9. The monoisotopic (exact) mass is 321 g/mol. The molecule has 0 radical (unpaired) electrons. The van der Waals surface area contributed by atoms with E-state index in [2.05, 4.69) is 10.5 Å². The molecule has 3 rings (SSSR count). The van der Waals surface area contributed by atoms with Gasteiger partial charge in [-0.25, -0.2) is 0 Å². The highest BCUT2D eigenvalue weighted by Crippen LogP contribution is 2.25. The number of amides is 2. The van der Waals surface area contributed by atoms with Gasteiger partial charge in [-0.3, -0.25) is 9.59 Å². The van der Waals surface area contributed by atoms with E-state index in [4.69, 9.17) is 9.26 Å². The fraction of sp³-hybridized carbons (Fsp3) is 0.688. The average molecular weight is 321 g/mol. The zero-order valence-corrected chi connectivity index (χ0v) is 13.8. The molecule has 0 unspecified atom stereocenters. The van der Waals surface area contributed by atoms with Crippen LogP contribution in [0.5, 0.6) is 0 Å². The van der Waals surface area contributed by atoms with E-state index in [1.165, 1.54) is 0 Å². The van der Waals surface area contributed by atoms with Gasteiger partial charge in [-0.1, -0.05) is 19.0 Å². The van der Waals surface area contributed by atoms with Crippen LogP contribution in [0.25, 0.3) is 0 Å². The Morgan fingerprint density at radius 1 is 1.35 bits per heavy atom. The van der Waals surface area contributed by atoms with E-state index in [1.54, 1.807) is 6.92 Å². The van der Waals surface area contributed by atoms with E-state index in [0.717, 1.165) is 6.42 Å². The molecular formula is C16H23N3O4. The van der Waals surface area contributed by atoms with Gasteiger partial charge in [0.25, 0.3) is 5.91 Å². The molecule has 0 spiro atoms. The highest BCUT2D eigenvalue weighted by Gasteiger charge is 2.35. The summed E-state index contributed by atoms with van der Waals surface area (Å²) < 4.78 is 10.8. The van der Waals surface area contributed by atoms with Crippen molar-refractivity contribution in [3.63, 3.8) is 0 Å². The van der Waals surface area contributed by atoms with E-state index >= 15 is 0 Å². The summed E-state index contributed by atoms with van der Waals surface area (Å²) in [5, 5.41) is 6.99. The molecule has 1 aromatic rings. The number of hydrogen-bond donors (Lipinski definition) is 1. The number of fused-ring (bicyclic) bond motifs is 1. The standard InChI is InChI=1S/C16H23N3O4/c1-9(2)15-14(10(3)23-18-15)16(21)19-6-4-11-12(5-7-19)22-8-13(20)17-11/h9,11-12H,4-8H2,1-3H3,(H,17,20)/t11-,12-/m0/s1. The Kier molecular flexibility index (Phi) is 4.39. The van der Waals surface area contributed by atoms with Crippen molar-refractivity contribution in [3.8, 4) is 0 Å². The predicted octanol–water partition coefficient (Wildman–Crippen LogP) is 1.23. The van der Waals surface area contributed by atoms with Crippen molar-refractivity contribution in [2.45, 2.75) is 51.7 Å². The Bertz CT molecular complexity index is 610. The summed E-state index contributed by atoms with van der Waals surface area (Å²) in [5.74, 6) is 0.564. The first-order chi connectivity index (χ1) is 11.0. The molecule has 7 heteroatoms. The van der Waals surface area contributed by atoms with Gasteiger partial charge >= 0.3 is 0 Å². The molecule has 2 aliphatic rings. The van der Waals surface area contributed by atoms with E-state index in [1.807, 2.05) is 18.7 Å². The maximum atomic E-state index is 12.9. The number of aryl methyl sites for hydroxylation is 1. The van der Waals surface area contributed by atoms with Crippen LogP contribution in [0.1, 0.15) is 54.4 Å². The van der Waals surface area contributed by atoms with Crippen molar-refractivity contribution in [2.75, 3.05) is 19.7 Å². The number of rotatable bonds is 2. The highest BCUT2D eigenvalue weighted by atomic mass is 16.5. The lowest BCUT2D eigenvalue weighted by Gasteiger charge is -2.30. The Morgan fingerprint density at radius 3 is 2.83 bits per heavy atom. The Labute approximate surface area is 135 Å². The molecule has 0 aromatic carbocycles. The number of carbonyl (C=O) groups excluding carboxylic acids is 2. The maximum Gasteiger partial charge on any atom is 0.259 e. The molecule has 0 aliphatic carbocycles. The van der Waals surface area contributed by atoms with Crippen LogP contribution < -0.4 is 5.32 Å². The summed E-state index contributed by atoms with van der Waals surface area (Å²) in [7, 11) is 0. The summed E-state index contributed by atoms with van der Waals surface area (Å²) in [6, 6.07) is -0.0119. The molecule has 23 heavy (non-hydrogen) atoms. The van der Waals surface area contributed by atoms with Crippen LogP contribution in [0.15, 0.2) is 4.52 Å². The van der Waals surface area contributed by atoms with Gasteiger partial charge in [0.05, 0.1) is 17.8 Å². The number of hydrogen-bond acceptors (Lipinski definition) is 5. The zero-order valence-electron chi connectivity index (χ0n) is 13.8. The van der Waals surface area contributed by atoms with Crippen LogP contribution in [0.2, 0.25) is 0 Å². The van der Waals surface area contributed by atoms with Crippen LogP contribution >= 0.6 is 0 Å². The third kappa shape index (κ3) is 3.10. The quantitative estimate of drug-likeness (QED) is 0.885. The number of nitrogens with zero attached hydrogens (tertiary/aromatic N) is 2. The molecule has 7 nitrogen and oxygen atoms in total. The fourth-order valence-electron chi connectivity index (χ4n) is 3.28. The number of likely N-dealkylation sites (tertiary alicyclic amines) is 1. The smallest absolute Gasteiger partial charge is 0.259 e. The van der Waals surface area contributed by atoms with Crippen molar-refractivity contribution >= 4 is 11.8 Å². The third-order valence-corrected chi connectivity index (χ3v) is 4.55. The predicted molar refractivity (Wildman–Crippen MR) is 82.1 cm³/mol. The fourth-order valence-corrected chi connectivity index (χ4v) is 3.28. The summed E-state index contributed by atoms with van der Waals surface area (Å²) in [4.78, 5) is 26.2. The van der Waals surface area contributed by atoms with Crippen molar-refractivity contribution in [1.29, 1.82) is 0 Å². The molecule has 3 heterocycles. The first-order valence-electron chi connectivity index (χ1n) is 8.13. The van der Waals surface area contributed by atoms with Crippen LogP contribution in [0, 0.1) is 6.92 Å². The van der Waals surface area contributed by atoms with Gasteiger partial charge in [-0.2, -0.15) is 0 Å². The lowest BCUT2D eigenvalue weighted by molar-refractivity contribution is -0.136. The Balaban J connectivity index is 1.76. The van der Waals surface area contributed by atoms with Gasteiger partial charge in [0.1, 0.15) is 17.9 Å². The van der Waals surface area contributed by atoms with Crippen molar-refractivity contribution in [1.82, 2.24) is 15.4 Å². The lowest BCUT2D eigenvalue weighted by Crippen LogP contribution is -2.51. The average Bonchev–Trinajstić information content (AvgIpc) is 2.77. The van der Waals surface area contributed by atoms with E-state index < -0.39 is 0 Å². The first kappa shape index (κ1) is 16.0. The molecule has 0 bridgehead atoms. The SMILES string of the molecule is Cc1onc(C(C)C)c1C(=O)N1CC[C@@H]2NC(=O)CO[C@H]2CC1. The second kappa shape index (κ2) is 6.31. The number of aromatic nitrogens is 1. The minimum absolute atomic E-state index is 0.0119. The van der Waals surface area contributed by atoms with Gasteiger partial charge < -0.3 is 19.5 Å². The molecule has 2 fully saturated rings. The summed E-state index contributed by atoms with van der Waals surface area (Å²) in [5.41, 5.74) is 1.29. The van der Waals surface area contributed by atoms with Gasteiger partial charge in [-0.15, -0.1) is 0 Å². The van der Waals surface area contributed by atoms with Gasteiger partial charge in [0.2, 0.25) is 5.91 Å². The molecular weight excluding hydrogens is 298 g/mol. The topological polar surface area (TPSA) is 84.7 Å².